The van der Waals surface area contributed by atoms with Crippen molar-refractivity contribution < 1.29 is 8.42 Å². The van der Waals surface area contributed by atoms with Crippen molar-refractivity contribution in [2.24, 2.45) is 5.73 Å². The predicted octanol–water partition coefficient (Wildman–Crippen LogP) is 3.07. The molecule has 0 bridgehead atoms. The van der Waals surface area contributed by atoms with Crippen LogP contribution < -0.4 is 5.73 Å². The average Bonchev–Trinajstić information content (AvgIpc) is 3.35. The van der Waals surface area contributed by atoms with Gasteiger partial charge in [-0.3, -0.25) is 4.40 Å². The molecule has 1 unspecified atom stereocenters. The molecule has 3 heterocycles. The maximum Gasteiger partial charge on any atom is 0.269 e. The van der Waals surface area contributed by atoms with Crippen LogP contribution >= 0.6 is 0 Å². The molecule has 30 heavy (non-hydrogen) atoms. The summed E-state index contributed by atoms with van der Waals surface area (Å²) in [6.45, 7) is 4.07. The molecule has 0 saturated carbocycles. The Morgan fingerprint density at radius 2 is 1.87 bits per heavy atom. The molecule has 2 N–H and O–H groups in total. The summed E-state index contributed by atoms with van der Waals surface area (Å²) in [6, 6.07) is 8.63. The van der Waals surface area contributed by atoms with Crippen LogP contribution in [0.15, 0.2) is 47.6 Å². The summed E-state index contributed by atoms with van der Waals surface area (Å²) in [7, 11) is -3.76. The summed E-state index contributed by atoms with van der Waals surface area (Å²) in [6.07, 6.45) is 7.76. The standard InChI is InChI=1S/C21H26N6O2S/c1-3-4-5-16(22)8-11-19-24-25-20-14-23-21-18(27(19)20)12-13-26(21)30(28,29)17-9-6-15(2)7-10-17/h6-7,9-10,12-14,16H,3-5,8,11,22H2,1-2H3. The summed E-state index contributed by atoms with van der Waals surface area (Å²) in [5.41, 5.74) is 8.81. The zero-order valence-electron chi connectivity index (χ0n) is 17.2. The highest BCUT2D eigenvalue weighted by Gasteiger charge is 2.22. The van der Waals surface area contributed by atoms with Crippen molar-refractivity contribution in [2.75, 3.05) is 0 Å². The third-order valence-electron chi connectivity index (χ3n) is 5.35. The Bertz CT molecular complexity index is 1270. The SMILES string of the molecule is CCCCC(N)CCc1nnc2cnc3c(ccn3S(=O)(=O)c3ccc(C)cc3)n12. The molecule has 0 amide bonds. The van der Waals surface area contributed by atoms with Gasteiger partial charge in [-0.2, -0.15) is 0 Å². The number of hydrogen-bond donors (Lipinski definition) is 1. The second-order valence-electron chi connectivity index (χ2n) is 7.65. The molecule has 0 spiro atoms. The zero-order chi connectivity index (χ0) is 21.3. The van der Waals surface area contributed by atoms with Crippen molar-refractivity contribution in [3.63, 3.8) is 0 Å². The number of aromatic nitrogens is 5. The molecule has 9 heteroatoms. The van der Waals surface area contributed by atoms with Crippen LogP contribution in [0.3, 0.4) is 0 Å². The van der Waals surface area contributed by atoms with Gasteiger partial charge in [-0.15, -0.1) is 10.2 Å². The molecule has 0 aliphatic rings. The summed E-state index contributed by atoms with van der Waals surface area (Å²) >= 11 is 0. The lowest BCUT2D eigenvalue weighted by Crippen LogP contribution is -2.21. The molecule has 0 saturated heterocycles. The van der Waals surface area contributed by atoms with E-state index in [-0.39, 0.29) is 10.9 Å². The molecule has 0 aliphatic heterocycles. The molecule has 0 aliphatic carbocycles. The number of hydrogen-bond acceptors (Lipinski definition) is 6. The smallest absolute Gasteiger partial charge is 0.269 e. The predicted molar refractivity (Wildman–Crippen MR) is 116 cm³/mol. The van der Waals surface area contributed by atoms with Gasteiger partial charge >= 0.3 is 0 Å². The zero-order valence-corrected chi connectivity index (χ0v) is 18.0. The van der Waals surface area contributed by atoms with Crippen LogP contribution in [-0.4, -0.2) is 38.0 Å². The highest BCUT2D eigenvalue weighted by atomic mass is 32.2. The topological polar surface area (TPSA) is 108 Å². The number of nitrogens with two attached hydrogens (primary N) is 1. The highest BCUT2D eigenvalue weighted by molar-refractivity contribution is 7.90. The number of fused-ring (bicyclic) bond motifs is 3. The van der Waals surface area contributed by atoms with Crippen LogP contribution in [0.2, 0.25) is 0 Å². The van der Waals surface area contributed by atoms with Crippen LogP contribution in [0, 0.1) is 6.92 Å². The van der Waals surface area contributed by atoms with Gasteiger partial charge in [0.1, 0.15) is 5.82 Å². The lowest BCUT2D eigenvalue weighted by molar-refractivity contribution is 0.534. The molecule has 0 fully saturated rings. The number of benzene rings is 1. The minimum Gasteiger partial charge on any atom is -0.328 e. The highest BCUT2D eigenvalue weighted by Crippen LogP contribution is 2.23. The van der Waals surface area contributed by atoms with E-state index in [4.69, 9.17) is 5.73 Å². The first-order valence-corrected chi connectivity index (χ1v) is 11.6. The number of aryl methyl sites for hydroxylation is 2. The molecule has 0 radical (unpaired) electrons. The Morgan fingerprint density at radius 3 is 2.60 bits per heavy atom. The van der Waals surface area contributed by atoms with E-state index in [1.165, 1.54) is 10.2 Å². The maximum absolute atomic E-state index is 13.2. The number of nitrogens with zero attached hydrogens (tertiary/aromatic N) is 5. The van der Waals surface area contributed by atoms with Crippen molar-refractivity contribution >= 4 is 26.8 Å². The van der Waals surface area contributed by atoms with E-state index in [9.17, 15) is 8.42 Å². The first kappa shape index (κ1) is 20.5. The van der Waals surface area contributed by atoms with Gasteiger partial charge in [0.05, 0.1) is 16.6 Å². The minimum absolute atomic E-state index is 0.112. The molecule has 8 nitrogen and oxygen atoms in total. The third-order valence-corrected chi connectivity index (χ3v) is 7.03. The molecular formula is C21H26N6O2S. The fourth-order valence-corrected chi connectivity index (χ4v) is 4.89. The monoisotopic (exact) mass is 426 g/mol. The Balaban J connectivity index is 1.73. The summed E-state index contributed by atoms with van der Waals surface area (Å²) in [5.74, 6) is 0.759. The Morgan fingerprint density at radius 1 is 1.10 bits per heavy atom. The first-order valence-electron chi connectivity index (χ1n) is 10.2. The second kappa shape index (κ2) is 8.16. The molecule has 4 rings (SSSR count). The summed E-state index contributed by atoms with van der Waals surface area (Å²) in [4.78, 5) is 4.58. The fourth-order valence-electron chi connectivity index (χ4n) is 3.59. The van der Waals surface area contributed by atoms with E-state index in [0.29, 0.717) is 23.2 Å². The first-order chi connectivity index (χ1) is 14.4. The Hall–Kier alpha value is -2.78. The van der Waals surface area contributed by atoms with Gasteiger partial charge in [0.15, 0.2) is 11.3 Å². The van der Waals surface area contributed by atoms with E-state index in [1.807, 2.05) is 11.3 Å². The normalized spacial score (nSPS) is 13.3. The van der Waals surface area contributed by atoms with Crippen molar-refractivity contribution in [3.05, 3.63) is 54.1 Å². The molecule has 4 aromatic rings. The van der Waals surface area contributed by atoms with Crippen LogP contribution in [0.5, 0.6) is 0 Å². The van der Waals surface area contributed by atoms with Crippen LogP contribution in [0.25, 0.3) is 16.8 Å². The van der Waals surface area contributed by atoms with Gasteiger partial charge in [-0.1, -0.05) is 37.5 Å². The van der Waals surface area contributed by atoms with Gasteiger partial charge in [0.2, 0.25) is 0 Å². The van der Waals surface area contributed by atoms with E-state index >= 15 is 0 Å². The molecule has 1 atom stereocenters. The van der Waals surface area contributed by atoms with Crippen LogP contribution in [0.1, 0.15) is 44.0 Å². The average molecular weight is 427 g/mol. The largest absolute Gasteiger partial charge is 0.328 e. The van der Waals surface area contributed by atoms with E-state index in [0.717, 1.165) is 37.1 Å². The number of unbranched alkanes of at least 4 members (excludes halogenated alkanes) is 1. The summed E-state index contributed by atoms with van der Waals surface area (Å²) < 4.78 is 29.4. The van der Waals surface area contributed by atoms with Crippen molar-refractivity contribution in [1.82, 2.24) is 23.6 Å². The van der Waals surface area contributed by atoms with Gasteiger partial charge in [0.25, 0.3) is 10.0 Å². The minimum atomic E-state index is -3.76. The Kier molecular flexibility index (Phi) is 5.57. The molecular weight excluding hydrogens is 400 g/mol. The molecule has 3 aromatic heterocycles. The fraction of sp³-hybridized carbons (Fsp3) is 0.381. The van der Waals surface area contributed by atoms with E-state index in [2.05, 4.69) is 22.1 Å². The van der Waals surface area contributed by atoms with Crippen molar-refractivity contribution in [3.8, 4) is 0 Å². The quantitative estimate of drug-likeness (QED) is 0.464. The van der Waals surface area contributed by atoms with Gasteiger partial charge < -0.3 is 5.73 Å². The van der Waals surface area contributed by atoms with E-state index in [1.54, 1.807) is 36.5 Å². The van der Waals surface area contributed by atoms with E-state index < -0.39 is 10.0 Å². The van der Waals surface area contributed by atoms with Gasteiger partial charge in [-0.25, -0.2) is 17.4 Å². The van der Waals surface area contributed by atoms with Crippen LogP contribution in [-0.2, 0) is 16.4 Å². The summed E-state index contributed by atoms with van der Waals surface area (Å²) in [5, 5.41) is 8.49. The third kappa shape index (κ3) is 3.70. The number of rotatable bonds is 8. The van der Waals surface area contributed by atoms with Crippen molar-refractivity contribution in [2.45, 2.75) is 56.9 Å². The van der Waals surface area contributed by atoms with Crippen molar-refractivity contribution in [1.29, 1.82) is 0 Å². The second-order valence-corrected chi connectivity index (χ2v) is 9.46. The van der Waals surface area contributed by atoms with Crippen LogP contribution in [0.4, 0.5) is 0 Å². The molecule has 1 aromatic carbocycles. The lowest BCUT2D eigenvalue weighted by Gasteiger charge is -2.10. The Labute approximate surface area is 175 Å². The van der Waals surface area contributed by atoms with Gasteiger partial charge in [-0.05, 0) is 38.0 Å². The lowest BCUT2D eigenvalue weighted by atomic mass is 10.1. The molecule has 158 valence electrons. The maximum atomic E-state index is 13.2. The van der Waals surface area contributed by atoms with Gasteiger partial charge in [0, 0.05) is 18.7 Å².